The van der Waals surface area contributed by atoms with Crippen molar-refractivity contribution in [2.75, 3.05) is 37.5 Å². The Balaban J connectivity index is 1.51. The van der Waals surface area contributed by atoms with E-state index in [1.165, 1.54) is 12.1 Å². The van der Waals surface area contributed by atoms with Gasteiger partial charge in [-0.05, 0) is 60.7 Å². The van der Waals surface area contributed by atoms with Crippen LogP contribution in [-0.2, 0) is 6.18 Å². The minimum absolute atomic E-state index is 0.0117. The van der Waals surface area contributed by atoms with Gasteiger partial charge in [0.15, 0.2) is 23.0 Å². The first-order valence-electron chi connectivity index (χ1n) is 11.4. The van der Waals surface area contributed by atoms with Crippen molar-refractivity contribution in [3.8, 4) is 34.3 Å². The van der Waals surface area contributed by atoms with Crippen molar-refractivity contribution >= 4 is 17.3 Å². The topological polar surface area (TPSA) is 76.8 Å². The van der Waals surface area contributed by atoms with Crippen LogP contribution in [-0.4, -0.2) is 38.2 Å². The molecule has 5 rings (SSSR count). The van der Waals surface area contributed by atoms with Gasteiger partial charge in [0.1, 0.15) is 13.2 Å². The largest absolute Gasteiger partial charge is 0.486 e. The molecule has 4 aromatic rings. The first-order chi connectivity index (χ1) is 17.7. The number of fused-ring (bicyclic) bond motifs is 1. The molecule has 1 aliphatic rings. The second kappa shape index (κ2) is 9.53. The zero-order chi connectivity index (χ0) is 26.2. The van der Waals surface area contributed by atoms with Crippen molar-refractivity contribution in [1.29, 1.82) is 0 Å². The predicted molar refractivity (Wildman–Crippen MR) is 132 cm³/mol. The average Bonchev–Trinajstić information content (AvgIpc) is 3.34. The van der Waals surface area contributed by atoms with Crippen molar-refractivity contribution < 1.29 is 31.9 Å². The average molecular weight is 509 g/mol. The van der Waals surface area contributed by atoms with Gasteiger partial charge in [-0.2, -0.15) is 13.2 Å². The summed E-state index contributed by atoms with van der Waals surface area (Å²) in [5, 5.41) is 2.79. The molecule has 0 aliphatic carbocycles. The molecular weight excluding hydrogens is 487 g/mol. The van der Waals surface area contributed by atoms with Crippen LogP contribution in [0.2, 0.25) is 0 Å². The smallest absolute Gasteiger partial charge is 0.416 e. The number of benzene rings is 3. The Morgan fingerprint density at radius 1 is 0.892 bits per heavy atom. The van der Waals surface area contributed by atoms with Crippen molar-refractivity contribution in [2.24, 2.45) is 0 Å². The molecule has 37 heavy (non-hydrogen) atoms. The molecule has 190 valence electrons. The first-order valence-corrected chi connectivity index (χ1v) is 11.4. The van der Waals surface area contributed by atoms with Gasteiger partial charge in [0, 0.05) is 42.7 Å². The molecule has 0 spiro atoms. The molecule has 1 aromatic heterocycles. The number of amides is 1. The summed E-state index contributed by atoms with van der Waals surface area (Å²) in [5.74, 6) is 0.749. The maximum absolute atomic E-state index is 13.3. The van der Waals surface area contributed by atoms with E-state index in [1.54, 1.807) is 30.3 Å². The number of hydrogen-bond donors (Lipinski definition) is 1. The minimum atomic E-state index is -4.47. The Kier molecular flexibility index (Phi) is 6.24. The quantitative estimate of drug-likeness (QED) is 0.350. The summed E-state index contributed by atoms with van der Waals surface area (Å²) < 4.78 is 56.1. The molecule has 0 bridgehead atoms. The fraction of sp³-hybridized carbons (Fsp3) is 0.185. The van der Waals surface area contributed by atoms with Crippen LogP contribution in [0.4, 0.5) is 24.5 Å². The number of aromatic nitrogens is 1. The molecule has 1 aliphatic heterocycles. The summed E-state index contributed by atoms with van der Waals surface area (Å²) in [4.78, 5) is 19.6. The van der Waals surface area contributed by atoms with Crippen molar-refractivity contribution in [1.82, 2.24) is 4.98 Å². The van der Waals surface area contributed by atoms with E-state index in [4.69, 9.17) is 13.9 Å². The summed E-state index contributed by atoms with van der Waals surface area (Å²) in [7, 11) is 3.80. The number of anilines is 2. The molecule has 0 unspecified atom stereocenters. The highest BCUT2D eigenvalue weighted by molar-refractivity contribution is 6.07. The molecule has 0 saturated heterocycles. The molecular formula is C27H22F3N3O4. The van der Waals surface area contributed by atoms with Crippen LogP contribution in [0, 0.1) is 0 Å². The molecule has 0 atom stereocenters. The highest BCUT2D eigenvalue weighted by atomic mass is 19.4. The molecule has 2 heterocycles. The number of hydrogen-bond acceptors (Lipinski definition) is 6. The van der Waals surface area contributed by atoms with E-state index in [0.29, 0.717) is 41.5 Å². The molecule has 3 aromatic carbocycles. The Morgan fingerprint density at radius 3 is 2.19 bits per heavy atom. The summed E-state index contributed by atoms with van der Waals surface area (Å²) in [5.41, 5.74) is 1.48. The third-order valence-corrected chi connectivity index (χ3v) is 5.75. The maximum atomic E-state index is 13.3. The summed E-state index contributed by atoms with van der Waals surface area (Å²) >= 11 is 0. The highest BCUT2D eigenvalue weighted by Gasteiger charge is 2.30. The predicted octanol–water partition coefficient (Wildman–Crippen LogP) is 6.12. The molecule has 1 amide bonds. The lowest BCUT2D eigenvalue weighted by Crippen LogP contribution is -2.17. The van der Waals surface area contributed by atoms with Gasteiger partial charge in [0.05, 0.1) is 5.56 Å². The number of rotatable bonds is 5. The monoisotopic (exact) mass is 509 g/mol. The first kappa shape index (κ1) is 24.2. The lowest BCUT2D eigenvalue weighted by molar-refractivity contribution is -0.137. The summed E-state index contributed by atoms with van der Waals surface area (Å²) in [6.07, 6.45) is -4.47. The van der Waals surface area contributed by atoms with Crippen LogP contribution >= 0.6 is 0 Å². The second-order valence-electron chi connectivity index (χ2n) is 8.53. The van der Waals surface area contributed by atoms with Crippen LogP contribution in [0.1, 0.15) is 16.1 Å². The summed E-state index contributed by atoms with van der Waals surface area (Å²) in [6, 6.07) is 16.7. The fourth-order valence-corrected chi connectivity index (χ4v) is 3.82. The Bertz CT molecular complexity index is 1430. The number of halogens is 3. The molecule has 0 saturated carbocycles. The van der Waals surface area contributed by atoms with Gasteiger partial charge in [-0.1, -0.05) is 0 Å². The zero-order valence-corrected chi connectivity index (χ0v) is 19.9. The van der Waals surface area contributed by atoms with Gasteiger partial charge in [-0.3, -0.25) is 4.79 Å². The second-order valence-corrected chi connectivity index (χ2v) is 8.53. The van der Waals surface area contributed by atoms with E-state index >= 15 is 0 Å². The number of ether oxygens (including phenoxy) is 2. The third kappa shape index (κ3) is 5.09. The molecule has 7 nitrogen and oxygen atoms in total. The fourth-order valence-electron chi connectivity index (χ4n) is 3.82. The lowest BCUT2D eigenvalue weighted by atomic mass is 10.1. The van der Waals surface area contributed by atoms with E-state index in [2.05, 4.69) is 10.3 Å². The van der Waals surface area contributed by atoms with Gasteiger partial charge in [-0.15, -0.1) is 0 Å². The van der Waals surface area contributed by atoms with Gasteiger partial charge in [0.2, 0.25) is 5.89 Å². The zero-order valence-electron chi connectivity index (χ0n) is 19.9. The number of carbonyl (C=O) groups excluding carboxylic acids is 1. The normalized spacial score (nSPS) is 12.8. The Hall–Kier alpha value is -4.47. The molecule has 1 N–H and O–H groups in total. The number of nitrogens with zero attached hydrogens (tertiary/aromatic N) is 2. The van der Waals surface area contributed by atoms with E-state index in [0.717, 1.165) is 17.8 Å². The molecule has 10 heteroatoms. The SMILES string of the molecule is CN(C)c1ccc(-c2oc(-c3ccc(C(F)(F)F)cc3)nc2C(=O)Nc2ccc3c(c2)OCCO3)cc1. The summed E-state index contributed by atoms with van der Waals surface area (Å²) in [6.45, 7) is 0.845. The van der Waals surface area contributed by atoms with E-state index in [1.807, 2.05) is 31.1 Å². The van der Waals surface area contributed by atoms with Gasteiger partial charge >= 0.3 is 6.18 Å². The number of nitrogens with one attached hydrogen (secondary N) is 1. The van der Waals surface area contributed by atoms with Crippen molar-refractivity contribution in [3.05, 3.63) is 78.0 Å². The van der Waals surface area contributed by atoms with Crippen LogP contribution in [0.3, 0.4) is 0 Å². The number of alkyl halides is 3. The van der Waals surface area contributed by atoms with Crippen LogP contribution in [0.5, 0.6) is 11.5 Å². The van der Waals surface area contributed by atoms with E-state index in [-0.39, 0.29) is 17.3 Å². The lowest BCUT2D eigenvalue weighted by Gasteiger charge is -2.18. The van der Waals surface area contributed by atoms with Gasteiger partial charge in [0.25, 0.3) is 5.91 Å². The van der Waals surface area contributed by atoms with E-state index in [9.17, 15) is 18.0 Å². The van der Waals surface area contributed by atoms with Crippen molar-refractivity contribution in [2.45, 2.75) is 6.18 Å². The maximum Gasteiger partial charge on any atom is 0.416 e. The highest BCUT2D eigenvalue weighted by Crippen LogP contribution is 2.35. The Morgan fingerprint density at radius 2 is 1.54 bits per heavy atom. The third-order valence-electron chi connectivity index (χ3n) is 5.75. The molecule has 0 fully saturated rings. The van der Waals surface area contributed by atoms with Gasteiger partial charge < -0.3 is 24.1 Å². The van der Waals surface area contributed by atoms with Crippen LogP contribution in [0.15, 0.2) is 71.1 Å². The van der Waals surface area contributed by atoms with Crippen LogP contribution in [0.25, 0.3) is 22.8 Å². The standard InChI is InChI=1S/C27H22F3N3O4/c1-33(2)20-10-5-16(6-11-20)24-23(25(34)31-19-9-12-21-22(15-19)36-14-13-35-21)32-26(37-24)17-3-7-18(8-4-17)27(28,29)30/h3-12,15H,13-14H2,1-2H3,(H,31,34). The number of oxazole rings is 1. The van der Waals surface area contributed by atoms with Gasteiger partial charge in [-0.25, -0.2) is 4.98 Å². The Labute approximate surface area is 210 Å². The number of carbonyl (C=O) groups is 1. The van der Waals surface area contributed by atoms with E-state index < -0.39 is 17.6 Å². The van der Waals surface area contributed by atoms with Crippen LogP contribution < -0.4 is 19.7 Å². The molecule has 0 radical (unpaired) electrons. The minimum Gasteiger partial charge on any atom is -0.486 e. The van der Waals surface area contributed by atoms with Crippen molar-refractivity contribution in [3.63, 3.8) is 0 Å².